The second kappa shape index (κ2) is 5.46. The van der Waals surface area contributed by atoms with E-state index in [0.29, 0.717) is 0 Å². The SMILES string of the molecule is Cc1ccc(CC(CO)(CO)C(C)C)cc1. The van der Waals surface area contributed by atoms with Crippen LogP contribution >= 0.6 is 0 Å². The number of benzene rings is 1. The van der Waals surface area contributed by atoms with Crippen LogP contribution in [-0.2, 0) is 6.42 Å². The number of hydrogen-bond donors (Lipinski definition) is 2. The van der Waals surface area contributed by atoms with Gasteiger partial charge in [-0.1, -0.05) is 43.7 Å². The Morgan fingerprint density at radius 1 is 1.06 bits per heavy atom. The zero-order valence-electron chi connectivity index (χ0n) is 10.4. The van der Waals surface area contributed by atoms with Crippen LogP contribution in [0, 0.1) is 18.3 Å². The van der Waals surface area contributed by atoms with Crippen molar-refractivity contribution in [3.8, 4) is 0 Å². The summed E-state index contributed by atoms with van der Waals surface area (Å²) in [6.07, 6.45) is 0.720. The van der Waals surface area contributed by atoms with Crippen molar-refractivity contribution in [2.24, 2.45) is 11.3 Å². The molecule has 0 unspecified atom stereocenters. The molecular formula is C14H22O2. The Bertz CT molecular complexity index is 310. The molecule has 90 valence electrons. The molecule has 0 saturated carbocycles. The lowest BCUT2D eigenvalue weighted by molar-refractivity contribution is 0.0163. The fourth-order valence-corrected chi connectivity index (χ4v) is 1.84. The van der Waals surface area contributed by atoms with Crippen molar-refractivity contribution < 1.29 is 10.2 Å². The second-order valence-corrected chi connectivity index (χ2v) is 5.00. The van der Waals surface area contributed by atoms with Gasteiger partial charge in [0.15, 0.2) is 0 Å². The summed E-state index contributed by atoms with van der Waals surface area (Å²) in [4.78, 5) is 0. The number of aliphatic hydroxyl groups excluding tert-OH is 2. The highest BCUT2D eigenvalue weighted by Gasteiger charge is 2.32. The van der Waals surface area contributed by atoms with Crippen LogP contribution < -0.4 is 0 Å². The van der Waals surface area contributed by atoms with Gasteiger partial charge in [-0.25, -0.2) is 0 Å². The van der Waals surface area contributed by atoms with Crippen molar-refractivity contribution in [3.05, 3.63) is 35.4 Å². The molecule has 0 amide bonds. The first-order chi connectivity index (χ1) is 7.54. The van der Waals surface area contributed by atoms with Gasteiger partial charge in [-0.05, 0) is 24.8 Å². The monoisotopic (exact) mass is 222 g/mol. The average Bonchev–Trinajstić information content (AvgIpc) is 2.28. The van der Waals surface area contributed by atoms with E-state index in [9.17, 15) is 10.2 Å². The quantitative estimate of drug-likeness (QED) is 0.801. The van der Waals surface area contributed by atoms with Gasteiger partial charge in [0.2, 0.25) is 0 Å². The van der Waals surface area contributed by atoms with Gasteiger partial charge in [0.05, 0.1) is 13.2 Å². The number of aliphatic hydroxyl groups is 2. The van der Waals surface area contributed by atoms with Crippen LogP contribution in [0.3, 0.4) is 0 Å². The van der Waals surface area contributed by atoms with Crippen LogP contribution in [-0.4, -0.2) is 23.4 Å². The van der Waals surface area contributed by atoms with Crippen LogP contribution in [0.25, 0.3) is 0 Å². The highest BCUT2D eigenvalue weighted by Crippen LogP contribution is 2.31. The Labute approximate surface area is 97.9 Å². The first kappa shape index (κ1) is 13.2. The zero-order valence-corrected chi connectivity index (χ0v) is 10.4. The molecule has 0 spiro atoms. The molecule has 0 aliphatic heterocycles. The standard InChI is InChI=1S/C14H22O2/c1-11(2)14(9-15,10-16)8-13-6-4-12(3)5-7-13/h4-7,11,15-16H,8-10H2,1-3H3. The molecule has 0 aliphatic rings. The van der Waals surface area contributed by atoms with Crippen molar-refractivity contribution >= 4 is 0 Å². The van der Waals surface area contributed by atoms with E-state index < -0.39 is 5.41 Å². The summed E-state index contributed by atoms with van der Waals surface area (Å²) in [6, 6.07) is 8.26. The molecule has 2 nitrogen and oxygen atoms in total. The van der Waals surface area contributed by atoms with E-state index in [1.54, 1.807) is 0 Å². The topological polar surface area (TPSA) is 40.5 Å². The molecule has 0 saturated heterocycles. The van der Waals surface area contributed by atoms with Crippen molar-refractivity contribution in [3.63, 3.8) is 0 Å². The fraction of sp³-hybridized carbons (Fsp3) is 0.571. The van der Waals surface area contributed by atoms with Crippen molar-refractivity contribution in [2.75, 3.05) is 13.2 Å². The van der Waals surface area contributed by atoms with Crippen LogP contribution in [0.4, 0.5) is 0 Å². The summed E-state index contributed by atoms with van der Waals surface area (Å²) in [5, 5.41) is 19.0. The van der Waals surface area contributed by atoms with Crippen molar-refractivity contribution in [1.82, 2.24) is 0 Å². The van der Waals surface area contributed by atoms with Gasteiger partial charge < -0.3 is 10.2 Å². The van der Waals surface area contributed by atoms with E-state index in [1.165, 1.54) is 11.1 Å². The molecule has 0 aromatic heterocycles. The third-order valence-electron chi connectivity index (χ3n) is 3.53. The van der Waals surface area contributed by atoms with E-state index in [0.717, 1.165) is 6.42 Å². The minimum absolute atomic E-state index is 0.0229. The summed E-state index contributed by atoms with van der Waals surface area (Å²) in [6.45, 7) is 6.18. The fourth-order valence-electron chi connectivity index (χ4n) is 1.84. The molecule has 0 atom stereocenters. The predicted octanol–water partition coefficient (Wildman–Crippen LogP) is 2.16. The minimum Gasteiger partial charge on any atom is -0.396 e. The average molecular weight is 222 g/mol. The van der Waals surface area contributed by atoms with Gasteiger partial charge in [-0.3, -0.25) is 0 Å². The Kier molecular flexibility index (Phi) is 4.51. The molecule has 0 bridgehead atoms. The first-order valence-electron chi connectivity index (χ1n) is 5.81. The van der Waals surface area contributed by atoms with Crippen LogP contribution in [0.15, 0.2) is 24.3 Å². The lowest BCUT2D eigenvalue weighted by Gasteiger charge is -2.34. The molecule has 16 heavy (non-hydrogen) atoms. The molecule has 1 rings (SSSR count). The second-order valence-electron chi connectivity index (χ2n) is 5.00. The minimum atomic E-state index is -0.407. The lowest BCUT2D eigenvalue weighted by atomic mass is 9.74. The summed E-state index contributed by atoms with van der Waals surface area (Å²) in [5.41, 5.74) is 1.99. The largest absolute Gasteiger partial charge is 0.396 e. The molecule has 0 aliphatic carbocycles. The van der Waals surface area contributed by atoms with Crippen molar-refractivity contribution in [1.29, 1.82) is 0 Å². The van der Waals surface area contributed by atoms with E-state index in [4.69, 9.17) is 0 Å². The molecule has 0 fully saturated rings. The maximum atomic E-state index is 9.50. The van der Waals surface area contributed by atoms with Gasteiger partial charge in [0.1, 0.15) is 0 Å². The number of aryl methyl sites for hydroxylation is 1. The summed E-state index contributed by atoms with van der Waals surface area (Å²) < 4.78 is 0. The summed E-state index contributed by atoms with van der Waals surface area (Å²) in [5.74, 6) is 0.254. The lowest BCUT2D eigenvalue weighted by Crippen LogP contribution is -2.37. The maximum absolute atomic E-state index is 9.50. The van der Waals surface area contributed by atoms with E-state index >= 15 is 0 Å². The molecule has 1 aromatic carbocycles. The molecular weight excluding hydrogens is 200 g/mol. The van der Waals surface area contributed by atoms with Gasteiger partial charge >= 0.3 is 0 Å². The highest BCUT2D eigenvalue weighted by atomic mass is 16.3. The first-order valence-corrected chi connectivity index (χ1v) is 5.81. The van der Waals surface area contributed by atoms with Gasteiger partial charge in [-0.15, -0.1) is 0 Å². The Morgan fingerprint density at radius 2 is 1.56 bits per heavy atom. The van der Waals surface area contributed by atoms with E-state index in [-0.39, 0.29) is 19.1 Å². The Morgan fingerprint density at radius 3 is 1.94 bits per heavy atom. The third-order valence-corrected chi connectivity index (χ3v) is 3.53. The Hall–Kier alpha value is -0.860. The number of hydrogen-bond acceptors (Lipinski definition) is 2. The van der Waals surface area contributed by atoms with Gasteiger partial charge in [0, 0.05) is 5.41 Å². The molecule has 1 aromatic rings. The summed E-state index contributed by atoms with van der Waals surface area (Å²) in [7, 11) is 0. The zero-order chi connectivity index (χ0) is 12.2. The predicted molar refractivity (Wildman–Crippen MR) is 66.3 cm³/mol. The van der Waals surface area contributed by atoms with Crippen LogP contribution in [0.2, 0.25) is 0 Å². The third kappa shape index (κ3) is 2.83. The molecule has 2 N–H and O–H groups in total. The molecule has 0 heterocycles. The van der Waals surface area contributed by atoms with E-state index in [2.05, 4.69) is 31.2 Å². The smallest absolute Gasteiger partial charge is 0.0515 e. The van der Waals surface area contributed by atoms with Crippen LogP contribution in [0.1, 0.15) is 25.0 Å². The van der Waals surface area contributed by atoms with Crippen LogP contribution in [0.5, 0.6) is 0 Å². The summed E-state index contributed by atoms with van der Waals surface area (Å²) >= 11 is 0. The van der Waals surface area contributed by atoms with Crippen molar-refractivity contribution in [2.45, 2.75) is 27.2 Å². The maximum Gasteiger partial charge on any atom is 0.0515 e. The molecule has 2 heteroatoms. The van der Waals surface area contributed by atoms with Gasteiger partial charge in [-0.2, -0.15) is 0 Å². The Balaban J connectivity index is 2.87. The van der Waals surface area contributed by atoms with E-state index in [1.807, 2.05) is 13.8 Å². The highest BCUT2D eigenvalue weighted by molar-refractivity contribution is 5.22. The molecule has 0 radical (unpaired) electrons. The number of rotatable bonds is 5. The normalized spacial score (nSPS) is 12.1. The van der Waals surface area contributed by atoms with Gasteiger partial charge in [0.25, 0.3) is 0 Å².